The molecule has 0 radical (unpaired) electrons. The van der Waals surface area contributed by atoms with Crippen molar-refractivity contribution < 1.29 is 14.3 Å². The minimum atomic E-state index is -0.126. The lowest BCUT2D eigenvalue weighted by Crippen LogP contribution is -2.23. The summed E-state index contributed by atoms with van der Waals surface area (Å²) < 4.78 is 10.6. The summed E-state index contributed by atoms with van der Waals surface area (Å²) in [6, 6.07) is 11.1. The fraction of sp³-hybridized carbons (Fsp3) is 0.167. The minimum Gasteiger partial charge on any atom is -0.454 e. The van der Waals surface area contributed by atoms with Gasteiger partial charge in [-0.1, -0.05) is 23.7 Å². The van der Waals surface area contributed by atoms with Crippen LogP contribution in [0.3, 0.4) is 0 Å². The molecule has 122 valence electrons. The topological polar surface area (TPSA) is 63.4 Å². The maximum atomic E-state index is 12.6. The standard InChI is InChI=1S/C18H15ClN2O3/c1-10-17(13-4-3-12(19)7-14(13)21-10)18(22)20-8-11-2-5-15-16(6-11)24-9-23-15/h2-7,21H,8-9H2,1H3,(H,20,22). The fourth-order valence-electron chi connectivity index (χ4n) is 2.92. The van der Waals surface area contributed by atoms with E-state index in [0.29, 0.717) is 22.9 Å². The summed E-state index contributed by atoms with van der Waals surface area (Å²) in [4.78, 5) is 15.8. The van der Waals surface area contributed by atoms with Gasteiger partial charge in [0.05, 0.1) is 5.56 Å². The summed E-state index contributed by atoms with van der Waals surface area (Å²) in [5.74, 6) is 1.31. The number of amides is 1. The fourth-order valence-corrected chi connectivity index (χ4v) is 3.09. The van der Waals surface area contributed by atoms with E-state index in [1.165, 1.54) is 0 Å². The molecule has 5 nitrogen and oxygen atoms in total. The molecular weight excluding hydrogens is 328 g/mol. The molecule has 0 aliphatic carbocycles. The Balaban J connectivity index is 1.55. The Morgan fingerprint density at radius 2 is 2.04 bits per heavy atom. The van der Waals surface area contributed by atoms with Crippen LogP contribution < -0.4 is 14.8 Å². The Morgan fingerprint density at radius 3 is 2.92 bits per heavy atom. The number of fused-ring (bicyclic) bond motifs is 2. The number of benzene rings is 2. The van der Waals surface area contributed by atoms with Gasteiger partial charge in [0.1, 0.15) is 0 Å². The van der Waals surface area contributed by atoms with Crippen LogP contribution in [0.2, 0.25) is 5.02 Å². The van der Waals surface area contributed by atoms with Crippen molar-refractivity contribution in [1.29, 1.82) is 0 Å². The van der Waals surface area contributed by atoms with E-state index in [1.807, 2.05) is 37.3 Å². The third-order valence-corrected chi connectivity index (χ3v) is 4.30. The molecular formula is C18H15ClN2O3. The molecule has 0 spiro atoms. The monoisotopic (exact) mass is 342 g/mol. The minimum absolute atomic E-state index is 0.126. The Bertz CT molecular complexity index is 949. The number of H-pyrrole nitrogens is 1. The van der Waals surface area contributed by atoms with Crippen LogP contribution in [0.5, 0.6) is 11.5 Å². The molecule has 0 saturated heterocycles. The molecule has 0 atom stereocenters. The second kappa shape index (κ2) is 5.76. The summed E-state index contributed by atoms with van der Waals surface area (Å²) in [5.41, 5.74) is 3.26. The Labute approximate surface area is 143 Å². The maximum Gasteiger partial charge on any atom is 0.253 e. The number of ether oxygens (including phenoxy) is 2. The molecule has 2 N–H and O–H groups in total. The van der Waals surface area contributed by atoms with Gasteiger partial charge >= 0.3 is 0 Å². The smallest absolute Gasteiger partial charge is 0.253 e. The summed E-state index contributed by atoms with van der Waals surface area (Å²) in [6.45, 7) is 2.53. The predicted molar refractivity (Wildman–Crippen MR) is 91.8 cm³/mol. The van der Waals surface area contributed by atoms with Crippen molar-refractivity contribution in [2.24, 2.45) is 0 Å². The molecule has 4 rings (SSSR count). The number of aromatic amines is 1. The number of aryl methyl sites for hydroxylation is 1. The zero-order valence-corrected chi connectivity index (χ0v) is 13.7. The van der Waals surface area contributed by atoms with Crippen LogP contribution in [0, 0.1) is 6.92 Å². The van der Waals surface area contributed by atoms with Gasteiger partial charge in [0.25, 0.3) is 5.91 Å². The van der Waals surface area contributed by atoms with Crippen molar-refractivity contribution in [3.8, 4) is 11.5 Å². The number of halogens is 1. The first-order valence-electron chi connectivity index (χ1n) is 7.56. The molecule has 3 aromatic rings. The molecule has 1 amide bonds. The summed E-state index contributed by atoms with van der Waals surface area (Å²) >= 11 is 6.00. The molecule has 0 fully saturated rings. The first-order chi connectivity index (χ1) is 11.6. The lowest BCUT2D eigenvalue weighted by molar-refractivity contribution is 0.0952. The molecule has 1 aliphatic rings. The van der Waals surface area contributed by atoms with Gasteiger partial charge in [-0.15, -0.1) is 0 Å². The van der Waals surface area contributed by atoms with Crippen molar-refractivity contribution in [3.05, 3.63) is 58.2 Å². The molecule has 2 aromatic carbocycles. The highest BCUT2D eigenvalue weighted by Crippen LogP contribution is 2.32. The molecule has 0 unspecified atom stereocenters. The van der Waals surface area contributed by atoms with E-state index >= 15 is 0 Å². The van der Waals surface area contributed by atoms with Gasteiger partial charge in [0, 0.05) is 28.2 Å². The summed E-state index contributed by atoms with van der Waals surface area (Å²) in [5, 5.41) is 4.45. The molecule has 6 heteroatoms. The quantitative estimate of drug-likeness (QED) is 0.761. The molecule has 24 heavy (non-hydrogen) atoms. The maximum absolute atomic E-state index is 12.6. The van der Waals surface area contributed by atoms with Crippen LogP contribution in [0.25, 0.3) is 10.9 Å². The molecule has 2 heterocycles. The van der Waals surface area contributed by atoms with Crippen molar-refractivity contribution in [1.82, 2.24) is 10.3 Å². The van der Waals surface area contributed by atoms with Crippen molar-refractivity contribution >= 4 is 28.4 Å². The summed E-state index contributed by atoms with van der Waals surface area (Å²) in [7, 11) is 0. The highest BCUT2D eigenvalue weighted by atomic mass is 35.5. The average molecular weight is 343 g/mol. The third-order valence-electron chi connectivity index (χ3n) is 4.07. The summed E-state index contributed by atoms with van der Waals surface area (Å²) in [6.07, 6.45) is 0. The highest BCUT2D eigenvalue weighted by molar-refractivity contribution is 6.31. The second-order valence-corrected chi connectivity index (χ2v) is 6.12. The molecule has 1 aromatic heterocycles. The second-order valence-electron chi connectivity index (χ2n) is 5.69. The first kappa shape index (κ1) is 14.9. The van der Waals surface area contributed by atoms with Gasteiger partial charge in [-0.2, -0.15) is 0 Å². The zero-order valence-electron chi connectivity index (χ0n) is 13.0. The highest BCUT2D eigenvalue weighted by Gasteiger charge is 2.17. The number of rotatable bonds is 3. The van der Waals surface area contributed by atoms with Crippen LogP contribution in [0.4, 0.5) is 0 Å². The number of hydrogen-bond acceptors (Lipinski definition) is 3. The van der Waals surface area contributed by atoms with E-state index in [-0.39, 0.29) is 12.7 Å². The average Bonchev–Trinajstić information content (AvgIpc) is 3.14. The van der Waals surface area contributed by atoms with Gasteiger partial charge < -0.3 is 19.8 Å². The van der Waals surface area contributed by atoms with Gasteiger partial charge in [-0.25, -0.2) is 0 Å². The van der Waals surface area contributed by atoms with E-state index in [4.69, 9.17) is 21.1 Å². The Hall–Kier alpha value is -2.66. The number of carbonyl (C=O) groups excluding carboxylic acids is 1. The molecule has 0 bridgehead atoms. The normalized spacial score (nSPS) is 12.6. The van der Waals surface area contributed by atoms with Gasteiger partial charge in [0.2, 0.25) is 6.79 Å². The number of hydrogen-bond donors (Lipinski definition) is 2. The Morgan fingerprint density at radius 1 is 1.21 bits per heavy atom. The van der Waals surface area contributed by atoms with Gasteiger partial charge in [0.15, 0.2) is 11.5 Å². The van der Waals surface area contributed by atoms with Gasteiger partial charge in [-0.3, -0.25) is 4.79 Å². The van der Waals surface area contributed by atoms with E-state index in [0.717, 1.165) is 27.9 Å². The Kier molecular flexibility index (Phi) is 3.58. The predicted octanol–water partition coefficient (Wildman–Crippen LogP) is 3.79. The third kappa shape index (κ3) is 2.57. The molecule has 1 aliphatic heterocycles. The lowest BCUT2D eigenvalue weighted by atomic mass is 10.1. The van der Waals surface area contributed by atoms with Crippen LogP contribution >= 0.6 is 11.6 Å². The van der Waals surface area contributed by atoms with Crippen LogP contribution in [-0.2, 0) is 6.54 Å². The van der Waals surface area contributed by atoms with Crippen LogP contribution in [0.15, 0.2) is 36.4 Å². The number of nitrogens with one attached hydrogen (secondary N) is 2. The van der Waals surface area contributed by atoms with Gasteiger partial charge in [-0.05, 0) is 36.8 Å². The van der Waals surface area contributed by atoms with Crippen molar-refractivity contribution in [3.63, 3.8) is 0 Å². The van der Waals surface area contributed by atoms with E-state index < -0.39 is 0 Å². The van der Waals surface area contributed by atoms with E-state index in [1.54, 1.807) is 6.07 Å². The van der Waals surface area contributed by atoms with Crippen molar-refractivity contribution in [2.75, 3.05) is 6.79 Å². The first-order valence-corrected chi connectivity index (χ1v) is 7.94. The van der Waals surface area contributed by atoms with E-state index in [2.05, 4.69) is 10.3 Å². The zero-order chi connectivity index (χ0) is 16.7. The van der Waals surface area contributed by atoms with E-state index in [9.17, 15) is 4.79 Å². The SMILES string of the molecule is Cc1[nH]c2cc(Cl)ccc2c1C(=O)NCc1ccc2c(c1)OCO2. The van der Waals surface area contributed by atoms with Crippen LogP contribution in [-0.4, -0.2) is 17.7 Å². The lowest BCUT2D eigenvalue weighted by Gasteiger charge is -2.07. The largest absolute Gasteiger partial charge is 0.454 e. The number of aromatic nitrogens is 1. The van der Waals surface area contributed by atoms with Crippen molar-refractivity contribution in [2.45, 2.75) is 13.5 Å². The molecule has 0 saturated carbocycles. The van der Waals surface area contributed by atoms with Crippen LogP contribution in [0.1, 0.15) is 21.6 Å². The number of carbonyl (C=O) groups is 1.